The van der Waals surface area contributed by atoms with Crippen LogP contribution in [0.4, 0.5) is 0 Å². The number of nitrogens with one attached hydrogen (secondary N) is 1. The highest BCUT2D eigenvalue weighted by molar-refractivity contribution is 7.11. The monoisotopic (exact) mass is 276 g/mol. The van der Waals surface area contributed by atoms with Crippen LogP contribution < -0.4 is 5.32 Å². The molecule has 0 bridgehead atoms. The van der Waals surface area contributed by atoms with Crippen molar-refractivity contribution in [2.45, 2.75) is 76.3 Å². The fourth-order valence-corrected chi connectivity index (χ4v) is 4.56. The van der Waals surface area contributed by atoms with E-state index in [-0.39, 0.29) is 0 Å². The van der Waals surface area contributed by atoms with Gasteiger partial charge in [-0.3, -0.25) is 0 Å². The van der Waals surface area contributed by atoms with E-state index in [0.29, 0.717) is 0 Å². The van der Waals surface area contributed by atoms with Crippen LogP contribution in [0.1, 0.15) is 79.3 Å². The van der Waals surface area contributed by atoms with E-state index in [1.165, 1.54) is 55.6 Å². The standard InChI is InChI=1S/C16H24N2S/c1-10-2-3-12(8-10)16-18-15(11-4-5-11)14(19-16)9-17-13-6-7-13/h10-13,17H,2-9H2,1H3. The van der Waals surface area contributed by atoms with E-state index >= 15 is 0 Å². The second-order valence-corrected chi connectivity index (χ2v) is 8.02. The Bertz CT molecular complexity index is 459. The molecule has 3 aliphatic rings. The first kappa shape index (κ1) is 12.3. The first-order valence-electron chi connectivity index (χ1n) is 8.02. The van der Waals surface area contributed by atoms with Gasteiger partial charge in [0.05, 0.1) is 10.7 Å². The minimum absolute atomic E-state index is 0.771. The van der Waals surface area contributed by atoms with Crippen LogP contribution in [-0.4, -0.2) is 11.0 Å². The van der Waals surface area contributed by atoms with Crippen molar-refractivity contribution in [2.75, 3.05) is 0 Å². The summed E-state index contributed by atoms with van der Waals surface area (Å²) in [4.78, 5) is 6.62. The molecule has 1 N–H and O–H groups in total. The molecular weight excluding hydrogens is 252 g/mol. The van der Waals surface area contributed by atoms with Crippen LogP contribution in [0.3, 0.4) is 0 Å². The minimum atomic E-state index is 0.771. The molecule has 1 aromatic heterocycles. The molecule has 0 aromatic carbocycles. The van der Waals surface area contributed by atoms with Crippen molar-refractivity contribution in [3.05, 3.63) is 15.6 Å². The Hall–Kier alpha value is -0.410. The number of rotatable bonds is 5. The third-order valence-electron chi connectivity index (χ3n) is 4.88. The number of aromatic nitrogens is 1. The number of hydrogen-bond acceptors (Lipinski definition) is 3. The molecular formula is C16H24N2S. The molecule has 3 heteroatoms. The van der Waals surface area contributed by atoms with Gasteiger partial charge in [-0.1, -0.05) is 13.3 Å². The zero-order chi connectivity index (χ0) is 12.8. The molecule has 0 saturated heterocycles. The van der Waals surface area contributed by atoms with Crippen LogP contribution in [0.5, 0.6) is 0 Å². The molecule has 0 spiro atoms. The lowest BCUT2D eigenvalue weighted by Crippen LogP contribution is -2.15. The maximum absolute atomic E-state index is 5.07. The molecule has 0 aliphatic heterocycles. The van der Waals surface area contributed by atoms with Crippen molar-refractivity contribution in [3.8, 4) is 0 Å². The topological polar surface area (TPSA) is 24.9 Å². The van der Waals surface area contributed by atoms with E-state index in [9.17, 15) is 0 Å². The number of nitrogens with zero attached hydrogens (tertiary/aromatic N) is 1. The normalized spacial score (nSPS) is 31.0. The molecule has 3 saturated carbocycles. The van der Waals surface area contributed by atoms with Crippen molar-refractivity contribution in [3.63, 3.8) is 0 Å². The fraction of sp³-hybridized carbons (Fsp3) is 0.812. The molecule has 3 fully saturated rings. The summed E-state index contributed by atoms with van der Waals surface area (Å²) in [5.74, 6) is 2.48. The van der Waals surface area contributed by atoms with Gasteiger partial charge in [-0.25, -0.2) is 4.98 Å². The highest BCUT2D eigenvalue weighted by Crippen LogP contribution is 2.46. The molecule has 4 rings (SSSR count). The van der Waals surface area contributed by atoms with Crippen LogP contribution in [0, 0.1) is 5.92 Å². The summed E-state index contributed by atoms with van der Waals surface area (Å²) in [6, 6.07) is 0.809. The van der Waals surface area contributed by atoms with E-state index in [1.807, 2.05) is 11.3 Å². The van der Waals surface area contributed by atoms with Gasteiger partial charge < -0.3 is 5.32 Å². The molecule has 19 heavy (non-hydrogen) atoms. The van der Waals surface area contributed by atoms with Gasteiger partial charge in [0.15, 0.2) is 0 Å². The van der Waals surface area contributed by atoms with Gasteiger partial charge in [-0.15, -0.1) is 11.3 Å². The van der Waals surface area contributed by atoms with Gasteiger partial charge in [0.2, 0.25) is 0 Å². The van der Waals surface area contributed by atoms with E-state index in [1.54, 1.807) is 4.88 Å². The Kier molecular flexibility index (Phi) is 3.15. The van der Waals surface area contributed by atoms with Gasteiger partial charge >= 0.3 is 0 Å². The summed E-state index contributed by atoms with van der Waals surface area (Å²) in [5, 5.41) is 5.14. The molecule has 2 unspecified atom stereocenters. The number of thiazole rings is 1. The summed E-state index contributed by atoms with van der Waals surface area (Å²) in [6.45, 7) is 3.47. The lowest BCUT2D eigenvalue weighted by Gasteiger charge is -2.04. The molecule has 0 amide bonds. The Morgan fingerprint density at radius 3 is 2.53 bits per heavy atom. The quantitative estimate of drug-likeness (QED) is 0.873. The van der Waals surface area contributed by atoms with Gasteiger partial charge in [0, 0.05) is 29.3 Å². The van der Waals surface area contributed by atoms with Crippen LogP contribution in [0.2, 0.25) is 0 Å². The molecule has 104 valence electrons. The Balaban J connectivity index is 1.52. The summed E-state index contributed by atoms with van der Waals surface area (Å²) in [5.41, 5.74) is 1.47. The molecule has 1 aromatic rings. The van der Waals surface area contributed by atoms with Crippen LogP contribution in [0.25, 0.3) is 0 Å². The SMILES string of the molecule is CC1CCC(c2nc(C3CC3)c(CNC3CC3)s2)C1. The number of hydrogen-bond donors (Lipinski definition) is 1. The third-order valence-corrected chi connectivity index (χ3v) is 6.11. The predicted octanol–water partition coefficient (Wildman–Crippen LogP) is 4.18. The van der Waals surface area contributed by atoms with Crippen LogP contribution >= 0.6 is 11.3 Å². The first-order chi connectivity index (χ1) is 9.29. The highest BCUT2D eigenvalue weighted by Gasteiger charge is 2.33. The van der Waals surface area contributed by atoms with E-state index in [2.05, 4.69) is 12.2 Å². The van der Waals surface area contributed by atoms with Crippen molar-refractivity contribution in [1.82, 2.24) is 10.3 Å². The molecule has 3 aliphatic carbocycles. The van der Waals surface area contributed by atoms with Crippen LogP contribution in [-0.2, 0) is 6.54 Å². The minimum Gasteiger partial charge on any atom is -0.309 e. The molecule has 2 atom stereocenters. The first-order valence-corrected chi connectivity index (χ1v) is 8.84. The average molecular weight is 276 g/mol. The summed E-state index contributed by atoms with van der Waals surface area (Å²) in [7, 11) is 0. The van der Waals surface area contributed by atoms with Crippen LogP contribution in [0.15, 0.2) is 0 Å². The van der Waals surface area contributed by atoms with Crippen molar-refractivity contribution >= 4 is 11.3 Å². The smallest absolute Gasteiger partial charge is 0.0962 e. The lowest BCUT2D eigenvalue weighted by atomic mass is 10.1. The largest absolute Gasteiger partial charge is 0.309 e. The zero-order valence-corrected chi connectivity index (χ0v) is 12.6. The molecule has 2 nitrogen and oxygen atoms in total. The second kappa shape index (κ2) is 4.85. The Labute approximate surface area is 120 Å². The van der Waals surface area contributed by atoms with Crippen molar-refractivity contribution in [1.29, 1.82) is 0 Å². The van der Waals surface area contributed by atoms with Gasteiger partial charge in [0.25, 0.3) is 0 Å². The van der Waals surface area contributed by atoms with Gasteiger partial charge in [-0.2, -0.15) is 0 Å². The predicted molar refractivity (Wildman–Crippen MR) is 79.7 cm³/mol. The summed E-state index contributed by atoms with van der Waals surface area (Å²) < 4.78 is 0. The summed E-state index contributed by atoms with van der Waals surface area (Å²) >= 11 is 2.02. The lowest BCUT2D eigenvalue weighted by molar-refractivity contribution is 0.595. The molecule has 0 radical (unpaired) electrons. The van der Waals surface area contributed by atoms with Gasteiger partial charge in [0.1, 0.15) is 0 Å². The Morgan fingerprint density at radius 2 is 1.89 bits per heavy atom. The van der Waals surface area contributed by atoms with Crippen molar-refractivity contribution in [2.24, 2.45) is 5.92 Å². The average Bonchev–Trinajstić information content (AvgIpc) is 3.32. The second-order valence-electron chi connectivity index (χ2n) is 6.91. The zero-order valence-electron chi connectivity index (χ0n) is 11.8. The maximum Gasteiger partial charge on any atom is 0.0962 e. The van der Waals surface area contributed by atoms with E-state index < -0.39 is 0 Å². The fourth-order valence-electron chi connectivity index (χ4n) is 3.32. The third kappa shape index (κ3) is 2.73. The van der Waals surface area contributed by atoms with E-state index in [0.717, 1.165) is 30.3 Å². The van der Waals surface area contributed by atoms with Crippen molar-refractivity contribution < 1.29 is 0 Å². The Morgan fingerprint density at radius 1 is 1.11 bits per heavy atom. The summed E-state index contributed by atoms with van der Waals surface area (Å²) in [6.07, 6.45) is 9.65. The molecule has 1 heterocycles. The maximum atomic E-state index is 5.07. The van der Waals surface area contributed by atoms with E-state index in [4.69, 9.17) is 4.98 Å². The van der Waals surface area contributed by atoms with Gasteiger partial charge in [-0.05, 0) is 44.4 Å². The highest BCUT2D eigenvalue weighted by atomic mass is 32.1.